The van der Waals surface area contributed by atoms with E-state index in [1.54, 1.807) is 0 Å². The first kappa shape index (κ1) is 12.3. The second kappa shape index (κ2) is 4.44. The molecule has 3 heteroatoms. The molecule has 4 aromatic rings. The van der Waals surface area contributed by atoms with Crippen LogP contribution >= 0.6 is 0 Å². The van der Waals surface area contributed by atoms with Gasteiger partial charge in [-0.05, 0) is 11.5 Å². The summed E-state index contributed by atoms with van der Waals surface area (Å²) in [6, 6.07) is 16.0. The molecule has 0 saturated heterocycles. The predicted molar refractivity (Wildman–Crippen MR) is 73.8 cm³/mol. The number of pyridine rings is 1. The van der Waals surface area contributed by atoms with E-state index in [9.17, 15) is 0 Å². The number of nitrogens with zero attached hydrogens (tertiary/aromatic N) is 2. The molecule has 0 N–H and O–H groups in total. The quantitative estimate of drug-likeness (QED) is 0.311. The standard InChI is InChI=1S/C16H11N2.Ir/c1-11-6-7-13-14(10-11)12-4-2-3-5-15(12)18-9-8-17-16(13)18;/h2-6,8-10H,1H3;/q-1;. The maximum absolute atomic E-state index is 4.46. The molecule has 0 atom stereocenters. The molecule has 0 fully saturated rings. The van der Waals surface area contributed by atoms with Crippen molar-refractivity contribution in [3.63, 3.8) is 0 Å². The molecule has 2 heterocycles. The Bertz CT molecular complexity index is 893. The number of hydrogen-bond acceptors (Lipinski definition) is 1. The van der Waals surface area contributed by atoms with Crippen molar-refractivity contribution < 1.29 is 20.1 Å². The number of rotatable bonds is 0. The van der Waals surface area contributed by atoms with Crippen molar-refractivity contribution in [2.45, 2.75) is 6.92 Å². The first-order valence-electron chi connectivity index (χ1n) is 6.00. The van der Waals surface area contributed by atoms with Crippen LogP contribution in [0.2, 0.25) is 0 Å². The van der Waals surface area contributed by atoms with Crippen LogP contribution in [0.15, 0.2) is 48.8 Å². The van der Waals surface area contributed by atoms with Crippen molar-refractivity contribution in [3.05, 3.63) is 60.4 Å². The van der Waals surface area contributed by atoms with Gasteiger partial charge in [0, 0.05) is 38.0 Å². The van der Waals surface area contributed by atoms with Gasteiger partial charge in [0.2, 0.25) is 0 Å². The van der Waals surface area contributed by atoms with E-state index in [2.05, 4.69) is 52.7 Å². The molecule has 2 aromatic heterocycles. The summed E-state index contributed by atoms with van der Waals surface area (Å²) in [4.78, 5) is 4.46. The van der Waals surface area contributed by atoms with E-state index in [1.165, 1.54) is 21.9 Å². The number of imidazole rings is 1. The van der Waals surface area contributed by atoms with Gasteiger partial charge in [-0.1, -0.05) is 30.5 Å². The minimum Gasteiger partial charge on any atom is -0.340 e. The number of aryl methyl sites for hydroxylation is 1. The summed E-state index contributed by atoms with van der Waals surface area (Å²) in [6.07, 6.45) is 3.85. The third-order valence-electron chi connectivity index (χ3n) is 3.40. The molecular weight excluding hydrogens is 412 g/mol. The molecule has 0 amide bonds. The van der Waals surface area contributed by atoms with Gasteiger partial charge >= 0.3 is 0 Å². The molecule has 0 saturated carbocycles. The zero-order valence-electron chi connectivity index (χ0n) is 10.3. The van der Waals surface area contributed by atoms with E-state index in [-0.39, 0.29) is 20.1 Å². The Kier molecular flexibility index (Phi) is 2.89. The molecule has 4 rings (SSSR count). The normalized spacial score (nSPS) is 11.0. The Hall–Kier alpha value is -1.70. The number of aromatic nitrogens is 2. The average Bonchev–Trinajstić information content (AvgIpc) is 2.88. The first-order valence-corrected chi connectivity index (χ1v) is 6.00. The van der Waals surface area contributed by atoms with Crippen LogP contribution in [0.5, 0.6) is 0 Å². The minimum atomic E-state index is 0. The van der Waals surface area contributed by atoms with Crippen LogP contribution in [-0.2, 0) is 20.1 Å². The summed E-state index contributed by atoms with van der Waals surface area (Å²) in [5, 5.41) is 3.56. The Balaban J connectivity index is 0.00000110. The third-order valence-corrected chi connectivity index (χ3v) is 3.40. The van der Waals surface area contributed by atoms with Gasteiger partial charge in [-0.2, -0.15) is 0 Å². The summed E-state index contributed by atoms with van der Waals surface area (Å²) < 4.78 is 2.13. The number of benzene rings is 2. The molecule has 0 bridgehead atoms. The molecule has 95 valence electrons. The maximum Gasteiger partial charge on any atom is 0.0608 e. The van der Waals surface area contributed by atoms with Crippen LogP contribution in [-0.4, -0.2) is 9.38 Å². The molecule has 2 aromatic carbocycles. The fourth-order valence-electron chi connectivity index (χ4n) is 2.60. The Morgan fingerprint density at radius 2 is 2.00 bits per heavy atom. The van der Waals surface area contributed by atoms with E-state index < -0.39 is 0 Å². The van der Waals surface area contributed by atoms with E-state index >= 15 is 0 Å². The van der Waals surface area contributed by atoms with Crippen LogP contribution in [0.3, 0.4) is 0 Å². The fraction of sp³-hybridized carbons (Fsp3) is 0.0625. The van der Waals surface area contributed by atoms with Crippen molar-refractivity contribution in [1.82, 2.24) is 9.38 Å². The monoisotopic (exact) mass is 424 g/mol. The predicted octanol–water partition coefficient (Wildman–Crippen LogP) is 3.75. The van der Waals surface area contributed by atoms with Gasteiger partial charge in [0.05, 0.1) is 5.65 Å². The molecular formula is C16H11IrN2-. The second-order valence-corrected chi connectivity index (χ2v) is 4.60. The van der Waals surface area contributed by atoms with Crippen molar-refractivity contribution in [1.29, 1.82) is 0 Å². The van der Waals surface area contributed by atoms with Gasteiger partial charge in [0.1, 0.15) is 0 Å². The molecule has 0 spiro atoms. The molecule has 0 aliphatic heterocycles. The summed E-state index contributed by atoms with van der Waals surface area (Å²) in [5.74, 6) is 0. The largest absolute Gasteiger partial charge is 0.340 e. The molecule has 1 radical (unpaired) electrons. The van der Waals surface area contributed by atoms with Gasteiger partial charge in [0.15, 0.2) is 0 Å². The van der Waals surface area contributed by atoms with Gasteiger partial charge < -0.3 is 4.40 Å². The fourth-order valence-corrected chi connectivity index (χ4v) is 2.60. The minimum absolute atomic E-state index is 0. The summed E-state index contributed by atoms with van der Waals surface area (Å²) >= 11 is 0. The summed E-state index contributed by atoms with van der Waals surface area (Å²) in [5.41, 5.74) is 3.39. The number of hydrogen-bond donors (Lipinski definition) is 0. The van der Waals surface area contributed by atoms with Gasteiger partial charge in [-0.3, -0.25) is 4.98 Å². The smallest absolute Gasteiger partial charge is 0.0608 e. The van der Waals surface area contributed by atoms with E-state index in [0.29, 0.717) is 0 Å². The second-order valence-electron chi connectivity index (χ2n) is 4.60. The van der Waals surface area contributed by atoms with Crippen LogP contribution in [0.1, 0.15) is 5.56 Å². The molecule has 0 aliphatic carbocycles. The average molecular weight is 423 g/mol. The van der Waals surface area contributed by atoms with Crippen molar-refractivity contribution in [3.8, 4) is 0 Å². The van der Waals surface area contributed by atoms with Crippen LogP contribution in [0, 0.1) is 13.0 Å². The number of para-hydroxylation sites is 1. The summed E-state index contributed by atoms with van der Waals surface area (Å²) in [7, 11) is 0. The van der Waals surface area contributed by atoms with Crippen LogP contribution in [0.25, 0.3) is 27.3 Å². The topological polar surface area (TPSA) is 17.3 Å². The number of fused-ring (bicyclic) bond motifs is 6. The Labute approximate surface area is 124 Å². The molecule has 2 nitrogen and oxygen atoms in total. The van der Waals surface area contributed by atoms with E-state index in [1.807, 2.05) is 18.5 Å². The van der Waals surface area contributed by atoms with E-state index in [4.69, 9.17) is 0 Å². The van der Waals surface area contributed by atoms with Gasteiger partial charge in [-0.25, -0.2) is 0 Å². The third kappa shape index (κ3) is 1.70. The van der Waals surface area contributed by atoms with E-state index in [0.717, 1.165) is 11.0 Å². The Morgan fingerprint density at radius 1 is 1.16 bits per heavy atom. The van der Waals surface area contributed by atoms with Crippen molar-refractivity contribution in [2.75, 3.05) is 0 Å². The maximum atomic E-state index is 4.46. The Morgan fingerprint density at radius 3 is 2.89 bits per heavy atom. The van der Waals surface area contributed by atoms with Crippen LogP contribution < -0.4 is 0 Å². The first-order chi connectivity index (χ1) is 8.84. The summed E-state index contributed by atoms with van der Waals surface area (Å²) in [6.45, 7) is 2.10. The van der Waals surface area contributed by atoms with Gasteiger partial charge in [-0.15, -0.1) is 29.1 Å². The van der Waals surface area contributed by atoms with Gasteiger partial charge in [0.25, 0.3) is 0 Å². The molecule has 19 heavy (non-hydrogen) atoms. The zero-order chi connectivity index (χ0) is 12.1. The molecule has 0 unspecified atom stereocenters. The van der Waals surface area contributed by atoms with Crippen molar-refractivity contribution >= 4 is 27.3 Å². The van der Waals surface area contributed by atoms with Crippen LogP contribution in [0.4, 0.5) is 0 Å². The molecule has 0 aliphatic rings. The zero-order valence-corrected chi connectivity index (χ0v) is 12.7. The SMILES string of the molecule is Cc1c[c-]c2c(c1)c1ccccc1n1ccnc21.[Ir]. The van der Waals surface area contributed by atoms with Crippen molar-refractivity contribution in [2.24, 2.45) is 0 Å².